The summed E-state index contributed by atoms with van der Waals surface area (Å²) in [5.41, 5.74) is 5.36. The zero-order chi connectivity index (χ0) is 13.1. The van der Waals surface area contributed by atoms with Crippen LogP contribution < -0.4 is 5.73 Å². The molecule has 0 aliphatic carbocycles. The van der Waals surface area contributed by atoms with Gasteiger partial charge in [-0.15, -0.1) is 0 Å². The quantitative estimate of drug-likeness (QED) is 0.627. The van der Waals surface area contributed by atoms with Crippen LogP contribution in [-0.2, 0) is 6.54 Å². The standard InChI is InChI=1S/C11H22N4O2/c1-11(2,17)8-14(3)6-10(16)7-15-5-9(12)4-13-15/h4-5,10,16-17H,6-8,12H2,1-3H3. The number of hydrogen-bond donors (Lipinski definition) is 3. The van der Waals surface area contributed by atoms with Crippen molar-refractivity contribution in [3.05, 3.63) is 12.4 Å². The van der Waals surface area contributed by atoms with Crippen LogP contribution in [-0.4, -0.2) is 56.7 Å². The molecular weight excluding hydrogens is 220 g/mol. The van der Waals surface area contributed by atoms with Crippen molar-refractivity contribution in [2.45, 2.75) is 32.1 Å². The molecule has 1 aromatic heterocycles. The molecule has 17 heavy (non-hydrogen) atoms. The largest absolute Gasteiger partial charge is 0.396 e. The Bertz CT molecular complexity index is 345. The smallest absolute Gasteiger partial charge is 0.0862 e. The first-order chi connectivity index (χ1) is 7.76. The van der Waals surface area contributed by atoms with Crippen molar-refractivity contribution in [1.29, 1.82) is 0 Å². The SMILES string of the molecule is CN(CC(O)Cn1cc(N)cn1)CC(C)(C)O. The topological polar surface area (TPSA) is 87.5 Å². The zero-order valence-electron chi connectivity index (χ0n) is 10.7. The molecule has 0 spiro atoms. The highest BCUT2D eigenvalue weighted by atomic mass is 16.3. The molecule has 1 aromatic rings. The molecule has 0 bridgehead atoms. The zero-order valence-corrected chi connectivity index (χ0v) is 10.7. The monoisotopic (exact) mass is 242 g/mol. The Morgan fingerprint density at radius 3 is 2.71 bits per heavy atom. The van der Waals surface area contributed by atoms with Crippen LogP contribution in [0.1, 0.15) is 13.8 Å². The second-order valence-electron chi connectivity index (χ2n) is 5.16. The van der Waals surface area contributed by atoms with E-state index in [1.165, 1.54) is 0 Å². The predicted molar refractivity (Wildman–Crippen MR) is 66.4 cm³/mol. The molecule has 6 nitrogen and oxygen atoms in total. The normalized spacial score (nSPS) is 14.2. The third-order valence-corrected chi connectivity index (χ3v) is 2.23. The van der Waals surface area contributed by atoms with Gasteiger partial charge in [-0.25, -0.2) is 0 Å². The van der Waals surface area contributed by atoms with E-state index < -0.39 is 11.7 Å². The van der Waals surface area contributed by atoms with E-state index in [0.29, 0.717) is 25.3 Å². The molecule has 0 aliphatic rings. The van der Waals surface area contributed by atoms with E-state index in [9.17, 15) is 10.2 Å². The number of aliphatic hydroxyl groups excluding tert-OH is 1. The lowest BCUT2D eigenvalue weighted by Gasteiger charge is -2.27. The van der Waals surface area contributed by atoms with E-state index >= 15 is 0 Å². The number of rotatable bonds is 6. The fraction of sp³-hybridized carbons (Fsp3) is 0.727. The second kappa shape index (κ2) is 5.48. The van der Waals surface area contributed by atoms with Crippen molar-refractivity contribution in [3.63, 3.8) is 0 Å². The van der Waals surface area contributed by atoms with Crippen molar-refractivity contribution >= 4 is 5.69 Å². The van der Waals surface area contributed by atoms with Gasteiger partial charge in [0.15, 0.2) is 0 Å². The van der Waals surface area contributed by atoms with Gasteiger partial charge in [-0.1, -0.05) is 0 Å². The molecule has 0 saturated carbocycles. The van der Waals surface area contributed by atoms with Gasteiger partial charge in [0.25, 0.3) is 0 Å². The molecule has 0 fully saturated rings. The number of anilines is 1. The number of nitrogen functional groups attached to an aromatic ring is 1. The molecule has 4 N–H and O–H groups in total. The summed E-state index contributed by atoms with van der Waals surface area (Å²) in [5, 5.41) is 23.5. The Labute approximate surface area is 102 Å². The highest BCUT2D eigenvalue weighted by Crippen LogP contribution is 2.05. The summed E-state index contributed by atoms with van der Waals surface area (Å²) in [4.78, 5) is 1.89. The summed E-state index contributed by atoms with van der Waals surface area (Å²) in [6.07, 6.45) is 2.69. The number of aromatic nitrogens is 2. The Morgan fingerprint density at radius 2 is 2.24 bits per heavy atom. The van der Waals surface area contributed by atoms with E-state index in [2.05, 4.69) is 5.10 Å². The van der Waals surface area contributed by atoms with Crippen LogP contribution >= 0.6 is 0 Å². The van der Waals surface area contributed by atoms with Crippen molar-refractivity contribution in [3.8, 4) is 0 Å². The summed E-state index contributed by atoms with van der Waals surface area (Å²) >= 11 is 0. The minimum atomic E-state index is -0.759. The van der Waals surface area contributed by atoms with Gasteiger partial charge in [0, 0.05) is 19.3 Å². The molecule has 1 unspecified atom stereocenters. The van der Waals surface area contributed by atoms with Crippen LogP contribution in [0.5, 0.6) is 0 Å². The molecule has 1 heterocycles. The summed E-state index contributed by atoms with van der Waals surface area (Å²) in [5.74, 6) is 0. The lowest BCUT2D eigenvalue weighted by atomic mass is 10.1. The van der Waals surface area contributed by atoms with Crippen molar-refractivity contribution in [2.75, 3.05) is 25.9 Å². The number of nitrogens with two attached hydrogens (primary N) is 1. The van der Waals surface area contributed by atoms with E-state index in [-0.39, 0.29) is 0 Å². The molecule has 6 heteroatoms. The summed E-state index contributed by atoms with van der Waals surface area (Å²) < 4.78 is 1.61. The number of aliphatic hydroxyl groups is 2. The molecule has 0 aromatic carbocycles. The van der Waals surface area contributed by atoms with Crippen LogP contribution in [0.25, 0.3) is 0 Å². The second-order valence-corrected chi connectivity index (χ2v) is 5.16. The highest BCUT2D eigenvalue weighted by molar-refractivity contribution is 5.30. The molecule has 1 atom stereocenters. The first-order valence-electron chi connectivity index (χ1n) is 5.63. The molecule has 98 valence electrons. The predicted octanol–water partition coefficient (Wildman–Crippen LogP) is -0.471. The van der Waals surface area contributed by atoms with Crippen LogP contribution in [0.4, 0.5) is 5.69 Å². The number of likely N-dealkylation sites (N-methyl/N-ethyl adjacent to an activating group) is 1. The van der Waals surface area contributed by atoms with E-state index in [4.69, 9.17) is 5.73 Å². The van der Waals surface area contributed by atoms with Gasteiger partial charge in [-0.05, 0) is 20.9 Å². The Kier molecular flexibility index (Phi) is 4.50. The van der Waals surface area contributed by atoms with Crippen LogP contribution in [0, 0.1) is 0 Å². The minimum absolute atomic E-state index is 0.396. The van der Waals surface area contributed by atoms with E-state index in [1.807, 2.05) is 11.9 Å². The van der Waals surface area contributed by atoms with Crippen molar-refractivity contribution in [2.24, 2.45) is 0 Å². The average molecular weight is 242 g/mol. The third-order valence-electron chi connectivity index (χ3n) is 2.23. The lowest BCUT2D eigenvalue weighted by Crippen LogP contribution is -2.40. The molecule has 0 radical (unpaired) electrons. The van der Waals surface area contributed by atoms with E-state index in [1.54, 1.807) is 30.9 Å². The fourth-order valence-electron chi connectivity index (χ4n) is 1.84. The van der Waals surface area contributed by atoms with Gasteiger partial charge in [-0.3, -0.25) is 4.68 Å². The maximum absolute atomic E-state index is 9.85. The van der Waals surface area contributed by atoms with Crippen LogP contribution in [0.15, 0.2) is 12.4 Å². The van der Waals surface area contributed by atoms with Gasteiger partial charge in [0.2, 0.25) is 0 Å². The van der Waals surface area contributed by atoms with Crippen LogP contribution in [0.3, 0.4) is 0 Å². The van der Waals surface area contributed by atoms with Gasteiger partial charge < -0.3 is 20.8 Å². The minimum Gasteiger partial charge on any atom is -0.396 e. The summed E-state index contributed by atoms with van der Waals surface area (Å²) in [7, 11) is 1.86. The Hall–Kier alpha value is -1.11. The summed E-state index contributed by atoms with van der Waals surface area (Å²) in [6.45, 7) is 4.86. The van der Waals surface area contributed by atoms with Gasteiger partial charge >= 0.3 is 0 Å². The summed E-state index contributed by atoms with van der Waals surface area (Å²) in [6, 6.07) is 0. The molecule has 0 amide bonds. The maximum Gasteiger partial charge on any atom is 0.0862 e. The van der Waals surface area contributed by atoms with Gasteiger partial charge in [0.05, 0.1) is 30.1 Å². The molecular formula is C11H22N4O2. The fourth-order valence-corrected chi connectivity index (χ4v) is 1.84. The van der Waals surface area contributed by atoms with Crippen molar-refractivity contribution in [1.82, 2.24) is 14.7 Å². The average Bonchev–Trinajstić information content (AvgIpc) is 2.46. The van der Waals surface area contributed by atoms with Crippen LogP contribution in [0.2, 0.25) is 0 Å². The Balaban J connectivity index is 2.36. The number of nitrogens with zero attached hydrogens (tertiary/aromatic N) is 3. The molecule has 1 rings (SSSR count). The highest BCUT2D eigenvalue weighted by Gasteiger charge is 2.17. The van der Waals surface area contributed by atoms with E-state index in [0.717, 1.165) is 0 Å². The molecule has 0 saturated heterocycles. The maximum atomic E-state index is 9.85. The van der Waals surface area contributed by atoms with Gasteiger partial charge in [-0.2, -0.15) is 5.10 Å². The Morgan fingerprint density at radius 1 is 1.59 bits per heavy atom. The molecule has 0 aliphatic heterocycles. The first-order valence-corrected chi connectivity index (χ1v) is 5.63. The third kappa shape index (κ3) is 5.67. The van der Waals surface area contributed by atoms with Crippen molar-refractivity contribution < 1.29 is 10.2 Å². The first kappa shape index (κ1) is 14.0. The number of hydrogen-bond acceptors (Lipinski definition) is 5. The lowest BCUT2D eigenvalue weighted by molar-refractivity contribution is 0.0254. The van der Waals surface area contributed by atoms with Gasteiger partial charge in [0.1, 0.15) is 0 Å².